The SMILES string of the molecule is N=C1S/C(=C\c2c3ccccc3cc3ccccc23)C(=O)N1c1ccccc1. The fourth-order valence-corrected chi connectivity index (χ4v) is 4.48. The lowest BCUT2D eigenvalue weighted by molar-refractivity contribution is -0.113. The zero-order chi connectivity index (χ0) is 19.1. The van der Waals surface area contributed by atoms with Crippen molar-refractivity contribution in [1.29, 1.82) is 5.41 Å². The zero-order valence-corrected chi connectivity index (χ0v) is 15.7. The first-order valence-electron chi connectivity index (χ1n) is 9.00. The zero-order valence-electron chi connectivity index (χ0n) is 14.9. The van der Waals surface area contributed by atoms with E-state index in [1.54, 1.807) is 0 Å². The number of carbonyl (C=O) groups is 1. The molecule has 1 fully saturated rings. The van der Waals surface area contributed by atoms with Gasteiger partial charge in [-0.05, 0) is 63.1 Å². The Morgan fingerprint density at radius 2 is 1.36 bits per heavy atom. The Hall–Kier alpha value is -3.37. The van der Waals surface area contributed by atoms with Gasteiger partial charge in [-0.15, -0.1) is 0 Å². The fraction of sp³-hybridized carbons (Fsp3) is 0. The molecular formula is C24H16N2OS. The second kappa shape index (κ2) is 6.66. The number of nitrogens with one attached hydrogen (secondary N) is 1. The van der Waals surface area contributed by atoms with E-state index >= 15 is 0 Å². The van der Waals surface area contributed by atoms with Gasteiger partial charge < -0.3 is 0 Å². The molecule has 28 heavy (non-hydrogen) atoms. The molecule has 0 atom stereocenters. The van der Waals surface area contributed by atoms with E-state index in [9.17, 15) is 4.79 Å². The molecule has 5 rings (SSSR count). The number of carbonyl (C=O) groups excluding carboxylic acids is 1. The van der Waals surface area contributed by atoms with Crippen LogP contribution in [0.15, 0.2) is 89.8 Å². The van der Waals surface area contributed by atoms with Crippen LogP contribution in [-0.2, 0) is 4.79 Å². The topological polar surface area (TPSA) is 44.2 Å². The van der Waals surface area contributed by atoms with Gasteiger partial charge in [0.15, 0.2) is 5.17 Å². The maximum Gasteiger partial charge on any atom is 0.271 e. The highest BCUT2D eigenvalue weighted by Gasteiger charge is 2.33. The molecule has 1 amide bonds. The van der Waals surface area contributed by atoms with E-state index < -0.39 is 0 Å². The Balaban J connectivity index is 1.70. The molecule has 0 aromatic heterocycles. The van der Waals surface area contributed by atoms with Gasteiger partial charge in [0.05, 0.1) is 10.6 Å². The van der Waals surface area contributed by atoms with Crippen molar-refractivity contribution in [3.63, 3.8) is 0 Å². The minimum absolute atomic E-state index is 0.154. The number of amides is 1. The van der Waals surface area contributed by atoms with Crippen molar-refractivity contribution < 1.29 is 4.79 Å². The van der Waals surface area contributed by atoms with E-state index in [1.807, 2.05) is 60.7 Å². The van der Waals surface area contributed by atoms with Gasteiger partial charge in [-0.1, -0.05) is 66.7 Å². The van der Waals surface area contributed by atoms with Crippen LogP contribution in [0.3, 0.4) is 0 Å². The summed E-state index contributed by atoms with van der Waals surface area (Å²) in [5, 5.41) is 13.0. The van der Waals surface area contributed by atoms with Crippen molar-refractivity contribution in [2.45, 2.75) is 0 Å². The van der Waals surface area contributed by atoms with Crippen LogP contribution in [0, 0.1) is 5.41 Å². The molecule has 1 aliphatic rings. The molecule has 4 aromatic rings. The molecule has 1 N–H and O–H groups in total. The Labute approximate surface area is 166 Å². The number of thioether (sulfide) groups is 1. The van der Waals surface area contributed by atoms with Gasteiger partial charge >= 0.3 is 0 Å². The summed E-state index contributed by atoms with van der Waals surface area (Å²) >= 11 is 1.21. The van der Waals surface area contributed by atoms with E-state index in [2.05, 4.69) is 30.3 Å². The first-order valence-corrected chi connectivity index (χ1v) is 9.82. The molecule has 1 saturated heterocycles. The first kappa shape index (κ1) is 16.8. The Morgan fingerprint density at radius 3 is 2.00 bits per heavy atom. The van der Waals surface area contributed by atoms with Crippen molar-refractivity contribution in [3.05, 3.63) is 95.4 Å². The summed E-state index contributed by atoms with van der Waals surface area (Å²) in [6, 6.07) is 27.9. The Bertz CT molecular complexity index is 1220. The minimum Gasteiger partial charge on any atom is -0.278 e. The molecule has 134 valence electrons. The molecular weight excluding hydrogens is 364 g/mol. The normalized spacial score (nSPS) is 15.9. The summed E-state index contributed by atoms with van der Waals surface area (Å²) in [5.74, 6) is -0.154. The lowest BCUT2D eigenvalue weighted by Gasteiger charge is -2.13. The maximum absolute atomic E-state index is 13.1. The van der Waals surface area contributed by atoms with Gasteiger partial charge in [0.2, 0.25) is 0 Å². The first-order chi connectivity index (χ1) is 13.7. The molecule has 0 radical (unpaired) electrons. The molecule has 4 aromatic carbocycles. The average Bonchev–Trinajstić information content (AvgIpc) is 3.01. The summed E-state index contributed by atoms with van der Waals surface area (Å²) in [6.07, 6.45) is 1.94. The van der Waals surface area contributed by atoms with Gasteiger partial charge in [-0.3, -0.25) is 15.1 Å². The molecule has 0 aliphatic carbocycles. The van der Waals surface area contributed by atoms with Crippen LogP contribution in [0.4, 0.5) is 5.69 Å². The highest BCUT2D eigenvalue weighted by Crippen LogP contribution is 2.37. The molecule has 3 nitrogen and oxygen atoms in total. The van der Waals surface area contributed by atoms with Gasteiger partial charge in [0.1, 0.15) is 0 Å². The highest BCUT2D eigenvalue weighted by atomic mass is 32.2. The highest BCUT2D eigenvalue weighted by molar-refractivity contribution is 8.19. The van der Waals surface area contributed by atoms with Crippen LogP contribution >= 0.6 is 11.8 Å². The number of nitrogens with zero attached hydrogens (tertiary/aromatic N) is 1. The molecule has 1 aliphatic heterocycles. The van der Waals surface area contributed by atoms with E-state index in [1.165, 1.54) is 16.7 Å². The van der Waals surface area contributed by atoms with E-state index in [0.717, 1.165) is 32.8 Å². The number of anilines is 1. The molecule has 0 spiro atoms. The molecule has 1 heterocycles. The third kappa shape index (κ3) is 2.70. The summed E-state index contributed by atoms with van der Waals surface area (Å²) < 4.78 is 0. The van der Waals surface area contributed by atoms with Crippen molar-refractivity contribution in [3.8, 4) is 0 Å². The molecule has 0 saturated carbocycles. The summed E-state index contributed by atoms with van der Waals surface area (Å²) in [6.45, 7) is 0. The number of hydrogen-bond acceptors (Lipinski definition) is 3. The van der Waals surface area contributed by atoms with E-state index in [4.69, 9.17) is 5.41 Å². The fourth-order valence-electron chi connectivity index (χ4n) is 3.63. The Morgan fingerprint density at radius 1 is 0.786 bits per heavy atom. The second-order valence-corrected chi connectivity index (χ2v) is 7.66. The summed E-state index contributed by atoms with van der Waals surface area (Å²) in [4.78, 5) is 15.1. The van der Waals surface area contributed by atoms with Gasteiger partial charge in [0.25, 0.3) is 5.91 Å². The van der Waals surface area contributed by atoms with Gasteiger partial charge in [0, 0.05) is 0 Å². The summed E-state index contributed by atoms with van der Waals surface area (Å²) in [7, 11) is 0. The van der Waals surface area contributed by atoms with E-state index in [-0.39, 0.29) is 11.1 Å². The van der Waals surface area contributed by atoms with Crippen LogP contribution in [0.1, 0.15) is 5.56 Å². The summed E-state index contributed by atoms with van der Waals surface area (Å²) in [5.41, 5.74) is 1.74. The maximum atomic E-state index is 13.1. The number of benzene rings is 4. The third-order valence-corrected chi connectivity index (χ3v) is 5.81. The van der Waals surface area contributed by atoms with Crippen LogP contribution in [0.2, 0.25) is 0 Å². The van der Waals surface area contributed by atoms with Crippen molar-refractivity contribution >= 4 is 56.1 Å². The predicted molar refractivity (Wildman–Crippen MR) is 119 cm³/mol. The molecule has 0 unspecified atom stereocenters. The largest absolute Gasteiger partial charge is 0.278 e. The Kier molecular flexibility index (Phi) is 3.99. The average molecular weight is 380 g/mol. The van der Waals surface area contributed by atoms with Crippen molar-refractivity contribution in [2.75, 3.05) is 4.90 Å². The molecule has 0 bridgehead atoms. The van der Waals surface area contributed by atoms with Crippen molar-refractivity contribution in [1.82, 2.24) is 0 Å². The number of fused-ring (bicyclic) bond motifs is 2. The molecule has 4 heteroatoms. The predicted octanol–water partition coefficient (Wildman–Crippen LogP) is 6.05. The number of hydrogen-bond donors (Lipinski definition) is 1. The number of para-hydroxylation sites is 1. The van der Waals surface area contributed by atoms with Crippen LogP contribution < -0.4 is 4.90 Å². The lowest BCUT2D eigenvalue weighted by atomic mass is 9.96. The smallest absolute Gasteiger partial charge is 0.271 e. The monoisotopic (exact) mass is 380 g/mol. The third-order valence-electron chi connectivity index (χ3n) is 4.93. The van der Waals surface area contributed by atoms with Crippen LogP contribution in [0.25, 0.3) is 27.6 Å². The minimum atomic E-state index is -0.154. The van der Waals surface area contributed by atoms with E-state index in [0.29, 0.717) is 4.91 Å². The second-order valence-electron chi connectivity index (χ2n) is 6.62. The van der Waals surface area contributed by atoms with Crippen LogP contribution in [-0.4, -0.2) is 11.1 Å². The standard InChI is InChI=1S/C24H16N2OS/c25-24-26(18-10-2-1-3-11-18)23(27)22(28-24)15-21-19-12-6-4-8-16(19)14-17-9-5-7-13-20(17)21/h1-15,25H/b22-15-,25-24?. The van der Waals surface area contributed by atoms with Crippen molar-refractivity contribution in [2.24, 2.45) is 0 Å². The lowest BCUT2D eigenvalue weighted by Crippen LogP contribution is -2.27. The quantitative estimate of drug-likeness (QED) is 0.340. The van der Waals surface area contributed by atoms with Gasteiger partial charge in [-0.25, -0.2) is 0 Å². The van der Waals surface area contributed by atoms with Crippen LogP contribution in [0.5, 0.6) is 0 Å². The van der Waals surface area contributed by atoms with Gasteiger partial charge in [-0.2, -0.15) is 0 Å². The number of rotatable bonds is 2. The number of amidine groups is 1.